The van der Waals surface area contributed by atoms with Crippen LogP contribution in [0.3, 0.4) is 0 Å². The molecule has 0 spiro atoms. The zero-order chi connectivity index (χ0) is 24.8. The van der Waals surface area contributed by atoms with Crippen LogP contribution in [0.15, 0.2) is 87.5 Å². The molecule has 4 rings (SSSR count). The molecule has 0 radical (unpaired) electrons. The van der Waals surface area contributed by atoms with Crippen LogP contribution in [0.1, 0.15) is 25.3 Å². The minimum atomic E-state index is -3.62. The quantitative estimate of drug-likeness (QED) is 0.428. The summed E-state index contributed by atoms with van der Waals surface area (Å²) < 4.78 is 33.4. The third kappa shape index (κ3) is 6.07. The summed E-state index contributed by atoms with van der Waals surface area (Å²) in [6, 6.07) is 22.7. The maximum Gasteiger partial charge on any atom is 0.243 e. The molecule has 1 fully saturated rings. The molecule has 1 heterocycles. The number of nitrogens with one attached hydrogen (secondary N) is 1. The number of piperidine rings is 1. The monoisotopic (exact) mass is 510 g/mol. The van der Waals surface area contributed by atoms with Crippen molar-refractivity contribution < 1.29 is 17.9 Å². The number of sulfonamides is 1. The fraction of sp³-hybridized carbons (Fsp3) is 0.296. The number of hydrogen-bond acceptors (Lipinski definition) is 5. The zero-order valence-corrected chi connectivity index (χ0v) is 21.6. The van der Waals surface area contributed by atoms with Crippen molar-refractivity contribution in [2.45, 2.75) is 41.4 Å². The van der Waals surface area contributed by atoms with Gasteiger partial charge in [0.15, 0.2) is 0 Å². The fourth-order valence-electron chi connectivity index (χ4n) is 4.12. The Labute approximate surface area is 211 Å². The number of ether oxygens (including phenoxy) is 1. The maximum atomic E-state index is 13.2. The van der Waals surface area contributed by atoms with Gasteiger partial charge in [-0.3, -0.25) is 4.79 Å². The molecule has 184 valence electrons. The molecular formula is C27H30N2O4S2. The number of aryl methyl sites for hydroxylation is 1. The number of benzene rings is 3. The van der Waals surface area contributed by atoms with E-state index >= 15 is 0 Å². The number of rotatable bonds is 8. The Bertz CT molecular complexity index is 1270. The number of carbonyl (C=O) groups is 1. The summed E-state index contributed by atoms with van der Waals surface area (Å²) in [5, 5.41) is 3.07. The van der Waals surface area contributed by atoms with Gasteiger partial charge in [-0.25, -0.2) is 8.42 Å². The summed E-state index contributed by atoms with van der Waals surface area (Å²) in [4.78, 5) is 15.4. The minimum absolute atomic E-state index is 0.0694. The largest absolute Gasteiger partial charge is 0.494 e. The van der Waals surface area contributed by atoms with E-state index in [9.17, 15) is 13.2 Å². The Morgan fingerprint density at radius 3 is 2.40 bits per heavy atom. The molecule has 1 saturated heterocycles. The first-order chi connectivity index (χ1) is 16.9. The van der Waals surface area contributed by atoms with E-state index in [-0.39, 0.29) is 16.7 Å². The van der Waals surface area contributed by atoms with Crippen molar-refractivity contribution in [1.82, 2.24) is 4.31 Å². The average molecular weight is 511 g/mol. The van der Waals surface area contributed by atoms with Gasteiger partial charge in [0.05, 0.1) is 17.2 Å². The van der Waals surface area contributed by atoms with Gasteiger partial charge in [0, 0.05) is 28.8 Å². The molecule has 3 aromatic carbocycles. The second kappa shape index (κ2) is 11.3. The van der Waals surface area contributed by atoms with Gasteiger partial charge in [-0.1, -0.05) is 42.1 Å². The van der Waals surface area contributed by atoms with Crippen molar-refractivity contribution in [3.63, 3.8) is 0 Å². The SMILES string of the molecule is CCOc1ccc(S(=O)(=O)N2CCC(C(=O)Nc3ccccc3Sc3ccccc3)CC2)cc1C. The lowest BCUT2D eigenvalue weighted by atomic mass is 9.97. The number of amides is 1. The average Bonchev–Trinajstić information content (AvgIpc) is 2.87. The van der Waals surface area contributed by atoms with Crippen LogP contribution in [0.2, 0.25) is 0 Å². The summed E-state index contributed by atoms with van der Waals surface area (Å²) in [5.41, 5.74) is 1.56. The lowest BCUT2D eigenvalue weighted by Crippen LogP contribution is -2.41. The molecule has 1 aliphatic heterocycles. The third-order valence-corrected chi connectivity index (χ3v) is 9.00. The fourth-order valence-corrected chi connectivity index (χ4v) is 6.59. The van der Waals surface area contributed by atoms with E-state index in [4.69, 9.17) is 4.74 Å². The highest BCUT2D eigenvalue weighted by Crippen LogP contribution is 2.34. The van der Waals surface area contributed by atoms with Gasteiger partial charge < -0.3 is 10.1 Å². The van der Waals surface area contributed by atoms with Crippen molar-refractivity contribution in [3.8, 4) is 5.75 Å². The topological polar surface area (TPSA) is 75.7 Å². The molecule has 8 heteroatoms. The highest BCUT2D eigenvalue weighted by molar-refractivity contribution is 7.99. The molecule has 0 aliphatic carbocycles. The Morgan fingerprint density at radius 2 is 1.71 bits per heavy atom. The molecule has 1 amide bonds. The molecule has 1 aliphatic rings. The molecule has 0 bridgehead atoms. The Morgan fingerprint density at radius 1 is 1.03 bits per heavy atom. The number of anilines is 1. The summed E-state index contributed by atoms with van der Waals surface area (Å²) in [7, 11) is -3.62. The Hall–Kier alpha value is -2.81. The van der Waals surface area contributed by atoms with Crippen LogP contribution in [-0.4, -0.2) is 38.3 Å². The minimum Gasteiger partial charge on any atom is -0.494 e. The number of nitrogens with zero attached hydrogens (tertiary/aromatic N) is 1. The summed E-state index contributed by atoms with van der Waals surface area (Å²) in [6.45, 7) is 4.89. The summed E-state index contributed by atoms with van der Waals surface area (Å²) >= 11 is 1.60. The Kier molecular flexibility index (Phi) is 8.15. The van der Waals surface area contributed by atoms with Crippen molar-refractivity contribution in [3.05, 3.63) is 78.4 Å². The second-order valence-electron chi connectivity index (χ2n) is 8.44. The molecule has 3 aromatic rings. The Balaban J connectivity index is 1.39. The van der Waals surface area contributed by atoms with Crippen LogP contribution in [0.5, 0.6) is 5.75 Å². The van der Waals surface area contributed by atoms with E-state index in [1.54, 1.807) is 30.0 Å². The van der Waals surface area contributed by atoms with E-state index in [2.05, 4.69) is 5.32 Å². The van der Waals surface area contributed by atoms with Gasteiger partial charge in [-0.15, -0.1) is 0 Å². The van der Waals surface area contributed by atoms with Crippen molar-refractivity contribution in [2.75, 3.05) is 25.0 Å². The van der Waals surface area contributed by atoms with E-state index in [1.165, 1.54) is 4.31 Å². The first kappa shape index (κ1) is 25.3. The summed E-state index contributed by atoms with van der Waals surface area (Å²) in [5.74, 6) is 0.380. The van der Waals surface area contributed by atoms with Crippen molar-refractivity contribution >= 4 is 33.4 Å². The molecule has 0 aromatic heterocycles. The lowest BCUT2D eigenvalue weighted by molar-refractivity contribution is -0.120. The predicted octanol–water partition coefficient (Wildman–Crippen LogP) is 5.58. The molecule has 35 heavy (non-hydrogen) atoms. The lowest BCUT2D eigenvalue weighted by Gasteiger charge is -2.30. The van der Waals surface area contributed by atoms with Crippen LogP contribution in [0.25, 0.3) is 0 Å². The molecule has 0 saturated carbocycles. The highest BCUT2D eigenvalue weighted by Gasteiger charge is 2.32. The maximum absolute atomic E-state index is 13.2. The molecule has 0 atom stereocenters. The third-order valence-electron chi connectivity index (χ3n) is 6.02. The molecular weight excluding hydrogens is 480 g/mol. The second-order valence-corrected chi connectivity index (χ2v) is 11.5. The van der Waals surface area contributed by atoms with Gasteiger partial charge >= 0.3 is 0 Å². The van der Waals surface area contributed by atoms with Crippen molar-refractivity contribution in [1.29, 1.82) is 0 Å². The van der Waals surface area contributed by atoms with E-state index in [1.807, 2.05) is 68.4 Å². The van der Waals surface area contributed by atoms with Gasteiger partial charge in [0.2, 0.25) is 15.9 Å². The van der Waals surface area contributed by atoms with Crippen LogP contribution >= 0.6 is 11.8 Å². The molecule has 1 N–H and O–H groups in total. The van der Waals surface area contributed by atoms with Crippen LogP contribution in [0.4, 0.5) is 5.69 Å². The van der Waals surface area contributed by atoms with Crippen LogP contribution in [-0.2, 0) is 14.8 Å². The van der Waals surface area contributed by atoms with Crippen molar-refractivity contribution in [2.24, 2.45) is 5.92 Å². The van der Waals surface area contributed by atoms with Gasteiger partial charge in [-0.2, -0.15) is 4.31 Å². The first-order valence-corrected chi connectivity index (χ1v) is 14.0. The number of para-hydroxylation sites is 1. The first-order valence-electron chi connectivity index (χ1n) is 11.7. The van der Waals surface area contributed by atoms with E-state index in [0.29, 0.717) is 38.3 Å². The highest BCUT2D eigenvalue weighted by atomic mass is 32.2. The van der Waals surface area contributed by atoms with Gasteiger partial charge in [0.1, 0.15) is 5.75 Å². The normalized spacial score (nSPS) is 15.0. The van der Waals surface area contributed by atoms with Crippen LogP contribution < -0.4 is 10.1 Å². The molecule has 6 nitrogen and oxygen atoms in total. The number of carbonyl (C=O) groups excluding carboxylic acids is 1. The smallest absolute Gasteiger partial charge is 0.243 e. The van der Waals surface area contributed by atoms with Gasteiger partial charge in [-0.05, 0) is 74.7 Å². The van der Waals surface area contributed by atoms with Gasteiger partial charge in [0.25, 0.3) is 0 Å². The van der Waals surface area contributed by atoms with E-state index < -0.39 is 10.0 Å². The summed E-state index contributed by atoms with van der Waals surface area (Å²) in [6.07, 6.45) is 0.962. The number of hydrogen-bond donors (Lipinski definition) is 1. The standard InChI is InChI=1S/C27H30N2O4S2/c1-3-33-25-14-13-23(19-20(25)2)35(31,32)29-17-15-21(16-18-29)27(30)28-24-11-7-8-12-26(24)34-22-9-5-4-6-10-22/h4-14,19,21H,3,15-18H2,1-2H3,(H,28,30). The molecule has 0 unspecified atom stereocenters. The van der Waals surface area contributed by atoms with Crippen LogP contribution in [0, 0.1) is 12.8 Å². The zero-order valence-electron chi connectivity index (χ0n) is 19.9. The van der Waals surface area contributed by atoms with E-state index in [0.717, 1.165) is 21.0 Å². The predicted molar refractivity (Wildman–Crippen MR) is 139 cm³/mol.